The Hall–Kier alpha value is -2.78. The Morgan fingerprint density at radius 2 is 2.09 bits per heavy atom. The van der Waals surface area contributed by atoms with Gasteiger partial charge in [0.25, 0.3) is 0 Å². The number of anilines is 2. The molecular weight excluding hydrogens is 432 g/mol. The molecule has 1 aliphatic carbocycles. The van der Waals surface area contributed by atoms with Crippen LogP contribution in [0.25, 0.3) is 10.9 Å². The number of thioether (sulfide) groups is 1. The second-order valence-corrected chi connectivity index (χ2v) is 10.1. The maximum absolute atomic E-state index is 15.1. The molecule has 32 heavy (non-hydrogen) atoms. The lowest BCUT2D eigenvalue weighted by Gasteiger charge is -2.34. The number of nitrogens with zero attached hydrogens (tertiary/aromatic N) is 3. The van der Waals surface area contributed by atoms with Gasteiger partial charge in [-0.3, -0.25) is 9.98 Å². The molecule has 1 aliphatic heterocycles. The van der Waals surface area contributed by atoms with Gasteiger partial charge in [0.2, 0.25) is 0 Å². The molecule has 3 N–H and O–H groups in total. The van der Waals surface area contributed by atoms with E-state index in [0.717, 1.165) is 23.4 Å². The van der Waals surface area contributed by atoms with Gasteiger partial charge in [0.15, 0.2) is 22.6 Å². The molecule has 3 atom stereocenters. The molecule has 9 heteroatoms. The van der Waals surface area contributed by atoms with Crippen LogP contribution in [-0.4, -0.2) is 33.6 Å². The average Bonchev–Trinajstić information content (AvgIpc) is 3.45. The molecule has 0 amide bonds. The molecule has 2 aliphatic rings. The third-order valence-corrected chi connectivity index (χ3v) is 7.59. The predicted molar refractivity (Wildman–Crippen MR) is 123 cm³/mol. The fraction of sp³-hybridized carbons (Fsp3) is 0.348. The van der Waals surface area contributed by atoms with E-state index in [4.69, 9.17) is 10.5 Å². The van der Waals surface area contributed by atoms with Crippen molar-refractivity contribution in [3.05, 3.63) is 59.4 Å². The van der Waals surface area contributed by atoms with Gasteiger partial charge in [-0.2, -0.15) is 0 Å². The van der Waals surface area contributed by atoms with Crippen LogP contribution in [0.15, 0.2) is 41.7 Å². The molecule has 0 saturated heterocycles. The maximum Gasteiger partial charge on any atom is 0.164 e. The first-order valence-electron chi connectivity index (χ1n) is 10.3. The number of methoxy groups -OCH3 is 1. The number of aromatic nitrogens is 2. The zero-order chi connectivity index (χ0) is 22.7. The fourth-order valence-electron chi connectivity index (χ4n) is 4.76. The summed E-state index contributed by atoms with van der Waals surface area (Å²) in [5.74, 6) is -1.43. The van der Waals surface area contributed by atoms with Crippen LogP contribution in [0.3, 0.4) is 0 Å². The molecule has 6 nitrogen and oxygen atoms in total. The van der Waals surface area contributed by atoms with Gasteiger partial charge in [0.05, 0.1) is 16.9 Å². The number of fused-ring (bicyclic) bond motifs is 2. The smallest absolute Gasteiger partial charge is 0.164 e. The molecule has 2 aromatic heterocycles. The lowest BCUT2D eigenvalue weighted by molar-refractivity contribution is 0.184. The Morgan fingerprint density at radius 1 is 1.28 bits per heavy atom. The van der Waals surface area contributed by atoms with Crippen molar-refractivity contribution in [3.8, 4) is 0 Å². The van der Waals surface area contributed by atoms with Gasteiger partial charge < -0.3 is 15.8 Å². The van der Waals surface area contributed by atoms with Crippen LogP contribution < -0.4 is 11.1 Å². The number of aryl methyl sites for hydroxylation is 1. The van der Waals surface area contributed by atoms with Gasteiger partial charge in [0, 0.05) is 48.1 Å². The maximum atomic E-state index is 15.1. The van der Waals surface area contributed by atoms with E-state index in [9.17, 15) is 4.39 Å². The van der Waals surface area contributed by atoms with E-state index < -0.39 is 17.2 Å². The summed E-state index contributed by atoms with van der Waals surface area (Å²) in [6, 6.07) is 6.57. The quantitative estimate of drug-likeness (QED) is 0.583. The number of benzene rings is 1. The van der Waals surface area contributed by atoms with Crippen molar-refractivity contribution < 1.29 is 13.5 Å². The number of rotatable bonds is 5. The van der Waals surface area contributed by atoms with Crippen LogP contribution in [0, 0.1) is 24.5 Å². The Morgan fingerprint density at radius 3 is 2.88 bits per heavy atom. The highest BCUT2D eigenvalue weighted by Crippen LogP contribution is 2.66. The zero-order valence-electron chi connectivity index (χ0n) is 17.9. The van der Waals surface area contributed by atoms with Crippen LogP contribution in [0.4, 0.5) is 20.3 Å². The van der Waals surface area contributed by atoms with Gasteiger partial charge in [-0.15, -0.1) is 0 Å². The Bertz CT molecular complexity index is 1270. The largest absolute Gasteiger partial charge is 0.383 e. The molecule has 0 bridgehead atoms. The van der Waals surface area contributed by atoms with Gasteiger partial charge in [-0.05, 0) is 44.0 Å². The number of ether oxygens (including phenoxy) is 1. The van der Waals surface area contributed by atoms with E-state index in [2.05, 4.69) is 20.3 Å². The third kappa shape index (κ3) is 3.31. The standard InChI is InChI=1S/C23H23F2N5OS/c1-12-6-13-4-5-27-20(19(13)28-10-12)29-14-7-15(18(25)16(24)8-14)22(2)17-9-23(17,11-31-3)32-21(26)30-22/h4-8,10,17H,9,11H2,1-3H3,(H2,26,30)(H,27,29)/t17?,22-,23-/m1/s1. The SMILES string of the molecule is COC[C@]12CC1[C@@](C)(c1cc(Nc3nccc4cc(C)cnc34)cc(F)c1F)N=C(N)S2. The van der Waals surface area contributed by atoms with Crippen molar-refractivity contribution in [3.63, 3.8) is 0 Å². The Balaban J connectivity index is 1.57. The van der Waals surface area contributed by atoms with Gasteiger partial charge in [0.1, 0.15) is 5.52 Å². The molecule has 1 aromatic carbocycles. The molecule has 0 radical (unpaired) electrons. The summed E-state index contributed by atoms with van der Waals surface area (Å²) in [4.78, 5) is 13.4. The zero-order valence-corrected chi connectivity index (χ0v) is 18.8. The normalized spacial score (nSPS) is 26.5. The Kier molecular flexibility index (Phi) is 4.86. The molecule has 3 heterocycles. The van der Waals surface area contributed by atoms with E-state index in [-0.39, 0.29) is 16.2 Å². The number of hydrogen-bond acceptors (Lipinski definition) is 7. The predicted octanol–water partition coefficient (Wildman–Crippen LogP) is 4.64. The Labute approximate surface area is 188 Å². The van der Waals surface area contributed by atoms with Crippen molar-refractivity contribution in [1.82, 2.24) is 9.97 Å². The molecule has 1 unspecified atom stereocenters. The molecule has 3 aromatic rings. The second kappa shape index (κ2) is 7.38. The van der Waals surface area contributed by atoms with Gasteiger partial charge in [-0.1, -0.05) is 11.8 Å². The summed E-state index contributed by atoms with van der Waals surface area (Å²) in [6.07, 6.45) is 4.16. The van der Waals surface area contributed by atoms with Crippen molar-refractivity contribution in [2.24, 2.45) is 16.6 Å². The van der Waals surface area contributed by atoms with Gasteiger partial charge in [-0.25, -0.2) is 13.8 Å². The minimum Gasteiger partial charge on any atom is -0.383 e. The topological polar surface area (TPSA) is 85.4 Å². The number of amidine groups is 1. The van der Waals surface area contributed by atoms with Crippen LogP contribution >= 0.6 is 11.8 Å². The van der Waals surface area contributed by atoms with Crippen molar-refractivity contribution in [1.29, 1.82) is 0 Å². The van der Waals surface area contributed by atoms with E-state index >= 15 is 4.39 Å². The molecule has 1 saturated carbocycles. The summed E-state index contributed by atoms with van der Waals surface area (Å²) in [5.41, 5.74) is 7.31. The molecule has 5 rings (SSSR count). The van der Waals surface area contributed by atoms with E-state index in [1.165, 1.54) is 11.8 Å². The van der Waals surface area contributed by atoms with Crippen molar-refractivity contribution in [2.45, 2.75) is 30.6 Å². The molecular formula is C23H23F2N5OS. The first-order valence-corrected chi connectivity index (χ1v) is 11.1. The third-order valence-electron chi connectivity index (χ3n) is 6.31. The monoisotopic (exact) mass is 455 g/mol. The second-order valence-electron chi connectivity index (χ2n) is 8.64. The van der Waals surface area contributed by atoms with Crippen molar-refractivity contribution in [2.75, 3.05) is 19.0 Å². The molecule has 1 fully saturated rings. The molecule has 166 valence electrons. The summed E-state index contributed by atoms with van der Waals surface area (Å²) in [7, 11) is 1.63. The van der Waals surface area contributed by atoms with Crippen LogP contribution in [0.1, 0.15) is 24.5 Å². The summed E-state index contributed by atoms with van der Waals surface area (Å²) in [5, 5.41) is 4.37. The lowest BCUT2D eigenvalue weighted by atomic mass is 9.85. The lowest BCUT2D eigenvalue weighted by Crippen LogP contribution is -2.37. The summed E-state index contributed by atoms with van der Waals surface area (Å²) in [6.45, 7) is 4.24. The summed E-state index contributed by atoms with van der Waals surface area (Å²) < 4.78 is 35.0. The minimum absolute atomic E-state index is 0.0169. The van der Waals surface area contributed by atoms with E-state index in [0.29, 0.717) is 28.8 Å². The van der Waals surface area contributed by atoms with E-state index in [1.54, 1.807) is 25.6 Å². The number of nitrogens with two attached hydrogens (primary N) is 1. The molecule has 0 spiro atoms. The van der Waals surface area contributed by atoms with Crippen LogP contribution in [0.2, 0.25) is 0 Å². The van der Waals surface area contributed by atoms with Crippen molar-refractivity contribution >= 4 is 39.3 Å². The average molecular weight is 456 g/mol. The van der Waals surface area contributed by atoms with Gasteiger partial charge >= 0.3 is 0 Å². The minimum atomic E-state index is -1.00. The van der Waals surface area contributed by atoms with E-state index in [1.807, 2.05) is 26.0 Å². The number of halogens is 2. The highest BCUT2D eigenvalue weighted by Gasteiger charge is 2.66. The number of aliphatic imine (C=N–C) groups is 1. The fourth-order valence-corrected chi connectivity index (χ4v) is 6.21. The highest BCUT2D eigenvalue weighted by molar-refractivity contribution is 8.15. The first kappa shape index (κ1) is 21.1. The number of nitrogens with one attached hydrogen (secondary N) is 1. The highest BCUT2D eigenvalue weighted by atomic mass is 32.2. The summed E-state index contributed by atoms with van der Waals surface area (Å²) >= 11 is 1.46. The number of hydrogen-bond donors (Lipinski definition) is 2. The van der Waals surface area contributed by atoms with Crippen LogP contribution in [-0.2, 0) is 10.3 Å². The number of pyridine rings is 2. The van der Waals surface area contributed by atoms with Crippen LogP contribution in [0.5, 0.6) is 0 Å². The first-order chi connectivity index (χ1) is 15.3.